The van der Waals surface area contributed by atoms with Gasteiger partial charge in [-0.25, -0.2) is 17.9 Å². The first-order valence-corrected chi connectivity index (χ1v) is 7.70. The Morgan fingerprint density at radius 2 is 1.84 bits per heavy atom. The standard InChI is InChI=1S/C10H21N3O5S/c1-8(2)6-13(7-9(14)15)10(16)11-4-5-12-19(3,17)18/h8,12H,4-7H2,1-3H3,(H,11,16)(H,14,15). The molecule has 0 unspecified atom stereocenters. The van der Waals surface area contributed by atoms with Gasteiger partial charge in [0.25, 0.3) is 0 Å². The van der Waals surface area contributed by atoms with Crippen LogP contribution in [-0.4, -0.2) is 62.9 Å². The average molecular weight is 295 g/mol. The Morgan fingerprint density at radius 1 is 1.26 bits per heavy atom. The molecule has 0 saturated heterocycles. The Bertz CT molecular complexity index is 407. The van der Waals surface area contributed by atoms with Crippen molar-refractivity contribution in [2.45, 2.75) is 13.8 Å². The zero-order valence-electron chi connectivity index (χ0n) is 11.3. The van der Waals surface area contributed by atoms with Gasteiger partial charge in [0.1, 0.15) is 6.54 Å². The molecule has 0 aromatic heterocycles. The lowest BCUT2D eigenvalue weighted by Gasteiger charge is -2.23. The van der Waals surface area contributed by atoms with E-state index < -0.39 is 22.0 Å². The van der Waals surface area contributed by atoms with Gasteiger partial charge in [-0.2, -0.15) is 0 Å². The summed E-state index contributed by atoms with van der Waals surface area (Å²) in [5.74, 6) is -0.954. The predicted molar refractivity (Wildman–Crippen MR) is 70.3 cm³/mol. The topological polar surface area (TPSA) is 116 Å². The maximum atomic E-state index is 11.7. The quantitative estimate of drug-likeness (QED) is 0.511. The summed E-state index contributed by atoms with van der Waals surface area (Å²) in [7, 11) is -3.29. The van der Waals surface area contributed by atoms with E-state index in [1.54, 1.807) is 0 Å². The van der Waals surface area contributed by atoms with E-state index in [1.165, 1.54) is 4.90 Å². The number of carboxylic acid groups (broad SMARTS) is 1. The number of rotatable bonds is 8. The van der Waals surface area contributed by atoms with Crippen LogP contribution in [0.5, 0.6) is 0 Å². The third-order valence-corrected chi connectivity index (χ3v) is 2.69. The maximum absolute atomic E-state index is 11.7. The monoisotopic (exact) mass is 295 g/mol. The Balaban J connectivity index is 4.20. The SMILES string of the molecule is CC(C)CN(CC(=O)O)C(=O)NCCNS(C)(=O)=O. The van der Waals surface area contributed by atoms with Crippen molar-refractivity contribution in [2.75, 3.05) is 32.4 Å². The van der Waals surface area contributed by atoms with Crippen molar-refractivity contribution in [1.29, 1.82) is 0 Å². The lowest BCUT2D eigenvalue weighted by Crippen LogP contribution is -2.46. The van der Waals surface area contributed by atoms with Gasteiger partial charge in [0.2, 0.25) is 10.0 Å². The normalized spacial score (nSPS) is 11.4. The lowest BCUT2D eigenvalue weighted by molar-refractivity contribution is -0.137. The second-order valence-electron chi connectivity index (χ2n) is 4.57. The fraction of sp³-hybridized carbons (Fsp3) is 0.800. The minimum atomic E-state index is -3.29. The molecule has 0 saturated carbocycles. The smallest absolute Gasteiger partial charge is 0.323 e. The van der Waals surface area contributed by atoms with Crippen molar-refractivity contribution < 1.29 is 23.1 Å². The van der Waals surface area contributed by atoms with Crippen molar-refractivity contribution in [2.24, 2.45) is 5.92 Å². The summed E-state index contributed by atoms with van der Waals surface area (Å²) in [6, 6.07) is -0.522. The van der Waals surface area contributed by atoms with Gasteiger partial charge in [0.15, 0.2) is 0 Å². The number of sulfonamides is 1. The van der Waals surface area contributed by atoms with Crippen LogP contribution in [0.1, 0.15) is 13.8 Å². The molecule has 0 aliphatic rings. The van der Waals surface area contributed by atoms with Gasteiger partial charge in [-0.1, -0.05) is 13.8 Å². The van der Waals surface area contributed by atoms with Gasteiger partial charge in [-0.15, -0.1) is 0 Å². The van der Waals surface area contributed by atoms with Crippen LogP contribution in [0, 0.1) is 5.92 Å². The first-order valence-electron chi connectivity index (χ1n) is 5.81. The molecular formula is C10H21N3O5S. The number of carboxylic acids is 1. The number of amides is 2. The summed E-state index contributed by atoms with van der Waals surface area (Å²) in [5.41, 5.74) is 0. The molecule has 0 fully saturated rings. The maximum Gasteiger partial charge on any atom is 0.323 e. The summed E-state index contributed by atoms with van der Waals surface area (Å²) < 4.78 is 23.8. The summed E-state index contributed by atoms with van der Waals surface area (Å²) in [6.45, 7) is 3.83. The molecule has 0 radical (unpaired) electrons. The van der Waals surface area contributed by atoms with E-state index in [-0.39, 0.29) is 25.6 Å². The fourth-order valence-electron chi connectivity index (χ4n) is 1.34. The van der Waals surface area contributed by atoms with Crippen molar-refractivity contribution >= 4 is 22.0 Å². The van der Waals surface area contributed by atoms with E-state index in [0.29, 0.717) is 6.54 Å². The van der Waals surface area contributed by atoms with Gasteiger partial charge in [-0.05, 0) is 5.92 Å². The Morgan fingerprint density at radius 3 is 2.26 bits per heavy atom. The molecule has 9 heteroatoms. The Hall–Kier alpha value is -1.35. The van der Waals surface area contributed by atoms with Gasteiger partial charge in [-0.3, -0.25) is 4.79 Å². The van der Waals surface area contributed by atoms with Gasteiger partial charge < -0.3 is 15.3 Å². The van der Waals surface area contributed by atoms with Crippen molar-refractivity contribution in [3.05, 3.63) is 0 Å². The molecule has 112 valence electrons. The van der Waals surface area contributed by atoms with Gasteiger partial charge >= 0.3 is 12.0 Å². The molecular weight excluding hydrogens is 274 g/mol. The summed E-state index contributed by atoms with van der Waals surface area (Å²) in [6.07, 6.45) is 1.02. The Labute approximate surface area is 113 Å². The number of nitrogens with one attached hydrogen (secondary N) is 2. The largest absolute Gasteiger partial charge is 0.480 e. The molecule has 0 atom stereocenters. The molecule has 19 heavy (non-hydrogen) atoms. The average Bonchev–Trinajstić information content (AvgIpc) is 2.20. The van der Waals surface area contributed by atoms with E-state index in [9.17, 15) is 18.0 Å². The molecule has 0 heterocycles. The fourth-order valence-corrected chi connectivity index (χ4v) is 1.81. The highest BCUT2D eigenvalue weighted by Gasteiger charge is 2.17. The first kappa shape index (κ1) is 17.6. The number of hydrogen-bond acceptors (Lipinski definition) is 4. The highest BCUT2D eigenvalue weighted by molar-refractivity contribution is 7.88. The molecule has 8 nitrogen and oxygen atoms in total. The number of nitrogens with zero attached hydrogens (tertiary/aromatic N) is 1. The molecule has 0 aromatic carbocycles. The second kappa shape index (κ2) is 7.95. The highest BCUT2D eigenvalue weighted by atomic mass is 32.2. The van der Waals surface area contributed by atoms with Crippen LogP contribution in [0.3, 0.4) is 0 Å². The van der Waals surface area contributed by atoms with Crippen LogP contribution in [0.15, 0.2) is 0 Å². The molecule has 0 aliphatic heterocycles. The van der Waals surface area contributed by atoms with Crippen LogP contribution in [0.25, 0.3) is 0 Å². The van der Waals surface area contributed by atoms with Crippen molar-refractivity contribution in [3.63, 3.8) is 0 Å². The zero-order chi connectivity index (χ0) is 15.1. The van der Waals surface area contributed by atoms with Crippen LogP contribution in [0.4, 0.5) is 4.79 Å². The van der Waals surface area contributed by atoms with Crippen LogP contribution in [0.2, 0.25) is 0 Å². The number of aliphatic carboxylic acids is 1. The van der Waals surface area contributed by atoms with Crippen molar-refractivity contribution in [3.8, 4) is 0 Å². The number of carbonyl (C=O) groups excluding carboxylic acids is 1. The number of hydrogen-bond donors (Lipinski definition) is 3. The predicted octanol–water partition coefficient (Wildman–Crippen LogP) is -0.712. The summed E-state index contributed by atoms with van der Waals surface area (Å²) >= 11 is 0. The molecule has 0 spiro atoms. The molecule has 3 N–H and O–H groups in total. The van der Waals surface area contributed by atoms with E-state index in [2.05, 4.69) is 10.0 Å². The zero-order valence-corrected chi connectivity index (χ0v) is 12.2. The lowest BCUT2D eigenvalue weighted by atomic mass is 10.2. The highest BCUT2D eigenvalue weighted by Crippen LogP contribution is 1.98. The van der Waals surface area contributed by atoms with Crippen LogP contribution >= 0.6 is 0 Å². The number of urea groups is 1. The van der Waals surface area contributed by atoms with Crippen LogP contribution < -0.4 is 10.0 Å². The summed E-state index contributed by atoms with van der Waals surface area (Å²) in [4.78, 5) is 23.5. The second-order valence-corrected chi connectivity index (χ2v) is 6.40. The van der Waals surface area contributed by atoms with E-state index >= 15 is 0 Å². The third kappa shape index (κ3) is 10.3. The Kier molecular flexibility index (Phi) is 7.38. The number of carbonyl (C=O) groups is 2. The molecule has 0 bridgehead atoms. The molecule has 0 rings (SSSR count). The first-order chi connectivity index (χ1) is 8.61. The minimum absolute atomic E-state index is 0.0627. The molecule has 0 aliphatic carbocycles. The molecule has 0 aromatic rings. The minimum Gasteiger partial charge on any atom is -0.480 e. The summed E-state index contributed by atoms with van der Waals surface area (Å²) in [5, 5.41) is 11.2. The van der Waals surface area contributed by atoms with Gasteiger partial charge in [0, 0.05) is 19.6 Å². The van der Waals surface area contributed by atoms with E-state index in [4.69, 9.17) is 5.11 Å². The van der Waals surface area contributed by atoms with E-state index in [1.807, 2.05) is 13.8 Å². The van der Waals surface area contributed by atoms with E-state index in [0.717, 1.165) is 6.26 Å². The van der Waals surface area contributed by atoms with Gasteiger partial charge in [0.05, 0.1) is 6.26 Å². The molecule has 2 amide bonds. The third-order valence-electron chi connectivity index (χ3n) is 1.96. The van der Waals surface area contributed by atoms with Crippen molar-refractivity contribution in [1.82, 2.24) is 14.9 Å². The van der Waals surface area contributed by atoms with Crippen LogP contribution in [-0.2, 0) is 14.8 Å².